The Morgan fingerprint density at radius 3 is 2.85 bits per heavy atom. The summed E-state index contributed by atoms with van der Waals surface area (Å²) in [5.74, 6) is 2.22. The highest BCUT2D eigenvalue weighted by atomic mass is 16.5. The Labute approximate surface area is 190 Å². The molecule has 5 aromatic heterocycles. The van der Waals surface area contributed by atoms with Crippen molar-refractivity contribution in [3.05, 3.63) is 55.1 Å². The van der Waals surface area contributed by atoms with Gasteiger partial charge in [-0.1, -0.05) is 6.92 Å². The van der Waals surface area contributed by atoms with E-state index in [1.165, 1.54) is 6.42 Å². The second-order valence-electron chi connectivity index (χ2n) is 8.25. The van der Waals surface area contributed by atoms with Crippen LogP contribution in [0.3, 0.4) is 0 Å². The zero-order valence-electron chi connectivity index (χ0n) is 18.6. The fourth-order valence-electron chi connectivity index (χ4n) is 4.35. The number of nitrogens with one attached hydrogen (secondary N) is 1. The van der Waals surface area contributed by atoms with Crippen molar-refractivity contribution in [3.63, 3.8) is 0 Å². The molecule has 0 saturated carbocycles. The molecule has 10 heteroatoms. The number of fused-ring (bicyclic) bond motifs is 2. The average molecular weight is 444 g/mol. The van der Waals surface area contributed by atoms with Crippen molar-refractivity contribution in [2.45, 2.75) is 19.4 Å². The molecule has 1 atom stereocenters. The van der Waals surface area contributed by atoms with E-state index in [2.05, 4.69) is 43.5 Å². The first-order chi connectivity index (χ1) is 16.2. The summed E-state index contributed by atoms with van der Waals surface area (Å²) in [6.45, 7) is 5.10. The number of hydrogen-bond donors (Lipinski definition) is 1. The monoisotopic (exact) mass is 443 g/mol. The van der Waals surface area contributed by atoms with Crippen LogP contribution in [-0.2, 0) is 7.05 Å². The number of imidazole rings is 1. The second-order valence-corrected chi connectivity index (χ2v) is 8.25. The van der Waals surface area contributed by atoms with Crippen LogP contribution in [0.25, 0.3) is 22.4 Å². The Balaban J connectivity index is 1.25. The Bertz CT molecular complexity index is 1430. The van der Waals surface area contributed by atoms with E-state index in [0.717, 1.165) is 41.3 Å². The standard InChI is InChI=1S/C23H25N9O/c1-3-30-9-7-17(30)15-33-19-14-25-29(2)23(19)16-6-10-31-18(12-16)13-21(28-31)26-20-4-5-22-24-8-11-32(22)27-20/h4-6,8,10-14,17H,3,7,9,15H2,1-2H3,(H,26,27,28)/t17-/m1/s1. The van der Waals surface area contributed by atoms with Gasteiger partial charge in [-0.05, 0) is 37.2 Å². The molecule has 1 saturated heterocycles. The molecule has 6 rings (SSSR count). The molecular weight excluding hydrogens is 418 g/mol. The van der Waals surface area contributed by atoms with Crippen molar-refractivity contribution < 1.29 is 4.74 Å². The number of likely N-dealkylation sites (N-methyl/N-ethyl adjacent to an activating group) is 1. The predicted molar refractivity (Wildman–Crippen MR) is 125 cm³/mol. The van der Waals surface area contributed by atoms with E-state index < -0.39 is 0 Å². The van der Waals surface area contributed by atoms with E-state index in [4.69, 9.17) is 4.74 Å². The summed E-state index contributed by atoms with van der Waals surface area (Å²) in [5.41, 5.74) is 3.75. The topological polar surface area (TPSA) is 89.8 Å². The van der Waals surface area contributed by atoms with Crippen LogP contribution in [0.1, 0.15) is 13.3 Å². The minimum absolute atomic E-state index is 0.490. The van der Waals surface area contributed by atoms with Gasteiger partial charge in [-0.15, -0.1) is 5.10 Å². The van der Waals surface area contributed by atoms with Crippen molar-refractivity contribution in [1.29, 1.82) is 0 Å². The lowest BCUT2D eigenvalue weighted by molar-refractivity contribution is 0.0563. The minimum atomic E-state index is 0.490. The number of anilines is 2. The van der Waals surface area contributed by atoms with Gasteiger partial charge in [0.1, 0.15) is 12.3 Å². The molecule has 0 spiro atoms. The predicted octanol–water partition coefficient (Wildman–Crippen LogP) is 2.99. The molecule has 1 aliphatic heterocycles. The molecule has 0 radical (unpaired) electrons. The van der Waals surface area contributed by atoms with E-state index in [1.54, 1.807) is 16.9 Å². The second kappa shape index (κ2) is 7.89. The molecule has 6 heterocycles. The Morgan fingerprint density at radius 1 is 1.09 bits per heavy atom. The van der Waals surface area contributed by atoms with Gasteiger partial charge in [-0.3, -0.25) is 9.58 Å². The van der Waals surface area contributed by atoms with Gasteiger partial charge >= 0.3 is 0 Å². The summed E-state index contributed by atoms with van der Waals surface area (Å²) < 4.78 is 11.6. The Hall–Kier alpha value is -3.92. The van der Waals surface area contributed by atoms with Crippen molar-refractivity contribution >= 4 is 22.8 Å². The van der Waals surface area contributed by atoms with E-state index in [1.807, 2.05) is 52.9 Å². The third-order valence-corrected chi connectivity index (χ3v) is 6.26. The fraction of sp³-hybridized carbons (Fsp3) is 0.304. The molecule has 10 nitrogen and oxygen atoms in total. The number of likely N-dealkylation sites (tertiary alicyclic amines) is 1. The average Bonchev–Trinajstić information content (AvgIpc) is 3.50. The zero-order valence-corrected chi connectivity index (χ0v) is 18.6. The van der Waals surface area contributed by atoms with Crippen LogP contribution in [0.2, 0.25) is 0 Å². The van der Waals surface area contributed by atoms with Crippen LogP contribution in [-0.4, -0.2) is 64.6 Å². The lowest BCUT2D eigenvalue weighted by Gasteiger charge is -2.39. The number of pyridine rings is 1. The van der Waals surface area contributed by atoms with Gasteiger partial charge < -0.3 is 10.1 Å². The van der Waals surface area contributed by atoms with Crippen LogP contribution in [0, 0.1) is 0 Å². The summed E-state index contributed by atoms with van der Waals surface area (Å²) >= 11 is 0. The largest absolute Gasteiger partial charge is 0.488 e. The molecule has 168 valence electrons. The van der Waals surface area contributed by atoms with E-state index in [0.29, 0.717) is 24.3 Å². The SMILES string of the molecule is CCN1CC[C@@H]1COc1cnn(C)c1-c1ccn2nc(Nc3ccc4nccn4n3)cc2c1. The summed E-state index contributed by atoms with van der Waals surface area (Å²) in [5, 5.41) is 16.8. The fourth-order valence-corrected chi connectivity index (χ4v) is 4.35. The minimum Gasteiger partial charge on any atom is -0.488 e. The molecular formula is C23H25N9O. The van der Waals surface area contributed by atoms with Crippen LogP contribution >= 0.6 is 0 Å². The first kappa shape index (κ1) is 19.7. The molecule has 0 unspecified atom stereocenters. The maximum absolute atomic E-state index is 6.20. The molecule has 5 aromatic rings. The molecule has 0 amide bonds. The highest BCUT2D eigenvalue weighted by Crippen LogP contribution is 2.31. The summed E-state index contributed by atoms with van der Waals surface area (Å²) in [7, 11) is 1.94. The number of aromatic nitrogens is 7. The normalized spacial score (nSPS) is 16.4. The summed E-state index contributed by atoms with van der Waals surface area (Å²) in [6.07, 6.45) is 8.47. The van der Waals surface area contributed by atoms with Gasteiger partial charge in [0.25, 0.3) is 0 Å². The van der Waals surface area contributed by atoms with Gasteiger partial charge in [-0.25, -0.2) is 14.0 Å². The Morgan fingerprint density at radius 2 is 2.00 bits per heavy atom. The number of rotatable bonds is 7. The van der Waals surface area contributed by atoms with Gasteiger partial charge in [0.15, 0.2) is 23.0 Å². The molecule has 0 aliphatic carbocycles. The number of ether oxygens (including phenoxy) is 1. The van der Waals surface area contributed by atoms with Crippen molar-refractivity contribution in [3.8, 4) is 17.0 Å². The molecule has 1 N–H and O–H groups in total. The first-order valence-corrected chi connectivity index (χ1v) is 11.1. The van der Waals surface area contributed by atoms with Crippen molar-refractivity contribution in [2.24, 2.45) is 7.05 Å². The lowest BCUT2D eigenvalue weighted by Crippen LogP contribution is -2.50. The van der Waals surface area contributed by atoms with E-state index in [9.17, 15) is 0 Å². The highest BCUT2D eigenvalue weighted by molar-refractivity contribution is 5.72. The van der Waals surface area contributed by atoms with Crippen LogP contribution < -0.4 is 10.1 Å². The highest BCUT2D eigenvalue weighted by Gasteiger charge is 2.27. The first-order valence-electron chi connectivity index (χ1n) is 11.1. The molecule has 0 bridgehead atoms. The van der Waals surface area contributed by atoms with Crippen molar-refractivity contribution in [2.75, 3.05) is 25.0 Å². The summed E-state index contributed by atoms with van der Waals surface area (Å²) in [4.78, 5) is 6.65. The number of nitrogens with zero attached hydrogens (tertiary/aromatic N) is 8. The molecule has 1 fully saturated rings. The molecule has 1 aliphatic rings. The van der Waals surface area contributed by atoms with Gasteiger partial charge in [0, 0.05) is 49.9 Å². The van der Waals surface area contributed by atoms with E-state index >= 15 is 0 Å². The maximum Gasteiger partial charge on any atom is 0.165 e. The lowest BCUT2D eigenvalue weighted by atomic mass is 10.0. The molecule has 33 heavy (non-hydrogen) atoms. The quantitative estimate of drug-likeness (QED) is 0.414. The zero-order chi connectivity index (χ0) is 22.4. The van der Waals surface area contributed by atoms with Crippen LogP contribution in [0.5, 0.6) is 5.75 Å². The smallest absolute Gasteiger partial charge is 0.165 e. The number of aryl methyl sites for hydroxylation is 1. The Kier molecular flexibility index (Phi) is 4.72. The van der Waals surface area contributed by atoms with Crippen molar-refractivity contribution in [1.82, 2.24) is 38.9 Å². The van der Waals surface area contributed by atoms with Gasteiger partial charge in [0.05, 0.1) is 11.7 Å². The van der Waals surface area contributed by atoms with Crippen LogP contribution in [0.15, 0.2) is 55.1 Å². The van der Waals surface area contributed by atoms with Gasteiger partial charge in [0.2, 0.25) is 0 Å². The summed E-state index contributed by atoms with van der Waals surface area (Å²) in [6, 6.07) is 10.4. The van der Waals surface area contributed by atoms with Gasteiger partial charge in [-0.2, -0.15) is 10.2 Å². The third kappa shape index (κ3) is 3.58. The number of hydrogen-bond acceptors (Lipinski definition) is 7. The molecule has 0 aromatic carbocycles. The third-order valence-electron chi connectivity index (χ3n) is 6.26. The van der Waals surface area contributed by atoms with Crippen LogP contribution in [0.4, 0.5) is 11.6 Å². The van der Waals surface area contributed by atoms with E-state index in [-0.39, 0.29) is 0 Å². The maximum atomic E-state index is 6.20.